The lowest BCUT2D eigenvalue weighted by Gasteiger charge is -2.19. The molecule has 0 saturated carbocycles. The van der Waals surface area contributed by atoms with Crippen LogP contribution in [0.4, 0.5) is 0 Å². The first-order valence-corrected chi connectivity index (χ1v) is 6.84. The van der Waals surface area contributed by atoms with Crippen LogP contribution in [0.5, 0.6) is 5.75 Å². The Kier molecular flexibility index (Phi) is 6.36. The SMILES string of the molecule is CCCNC(=O)C(C)NC(C)Cc1ccc(O)cc1. The molecular weight excluding hydrogens is 240 g/mol. The van der Waals surface area contributed by atoms with Crippen LogP contribution in [0.3, 0.4) is 0 Å². The lowest BCUT2D eigenvalue weighted by Crippen LogP contribution is -2.46. The molecule has 0 saturated heterocycles. The van der Waals surface area contributed by atoms with E-state index in [9.17, 15) is 9.90 Å². The van der Waals surface area contributed by atoms with Gasteiger partial charge in [-0.3, -0.25) is 4.79 Å². The van der Waals surface area contributed by atoms with Crippen LogP contribution < -0.4 is 10.6 Å². The molecule has 3 N–H and O–H groups in total. The molecule has 19 heavy (non-hydrogen) atoms. The van der Waals surface area contributed by atoms with Crippen LogP contribution in [0.15, 0.2) is 24.3 Å². The third kappa shape index (κ3) is 5.75. The van der Waals surface area contributed by atoms with E-state index in [2.05, 4.69) is 17.6 Å². The van der Waals surface area contributed by atoms with Gasteiger partial charge in [-0.25, -0.2) is 0 Å². The second-order valence-corrected chi connectivity index (χ2v) is 4.95. The molecule has 0 aromatic heterocycles. The van der Waals surface area contributed by atoms with Crippen molar-refractivity contribution >= 4 is 5.91 Å². The normalized spacial score (nSPS) is 13.8. The van der Waals surface area contributed by atoms with Crippen molar-refractivity contribution in [1.82, 2.24) is 10.6 Å². The Hall–Kier alpha value is -1.55. The van der Waals surface area contributed by atoms with Gasteiger partial charge in [-0.1, -0.05) is 19.1 Å². The lowest BCUT2D eigenvalue weighted by atomic mass is 10.1. The molecule has 0 radical (unpaired) electrons. The fourth-order valence-corrected chi connectivity index (χ4v) is 1.95. The van der Waals surface area contributed by atoms with Gasteiger partial charge in [0.25, 0.3) is 0 Å². The molecule has 1 aromatic carbocycles. The number of hydrogen-bond acceptors (Lipinski definition) is 3. The van der Waals surface area contributed by atoms with Crippen molar-refractivity contribution in [3.05, 3.63) is 29.8 Å². The van der Waals surface area contributed by atoms with E-state index in [1.165, 1.54) is 0 Å². The fraction of sp³-hybridized carbons (Fsp3) is 0.533. The standard InChI is InChI=1S/C15H24N2O2/c1-4-9-16-15(19)12(3)17-11(2)10-13-5-7-14(18)8-6-13/h5-8,11-12,17-18H,4,9-10H2,1-3H3,(H,16,19). The van der Waals surface area contributed by atoms with Crippen molar-refractivity contribution in [1.29, 1.82) is 0 Å². The van der Waals surface area contributed by atoms with E-state index in [1.807, 2.05) is 26.0 Å². The predicted octanol–water partition coefficient (Wildman–Crippen LogP) is 1.83. The van der Waals surface area contributed by atoms with Gasteiger partial charge in [0.2, 0.25) is 5.91 Å². The number of phenolic OH excluding ortho intramolecular Hbond substituents is 1. The van der Waals surface area contributed by atoms with Gasteiger partial charge in [-0.2, -0.15) is 0 Å². The highest BCUT2D eigenvalue weighted by Gasteiger charge is 2.14. The molecule has 106 valence electrons. The summed E-state index contributed by atoms with van der Waals surface area (Å²) in [5, 5.41) is 15.4. The molecule has 0 aliphatic heterocycles. The molecule has 0 heterocycles. The van der Waals surface area contributed by atoms with E-state index in [4.69, 9.17) is 0 Å². The van der Waals surface area contributed by atoms with E-state index in [0.29, 0.717) is 0 Å². The summed E-state index contributed by atoms with van der Waals surface area (Å²) in [6.07, 6.45) is 1.77. The molecule has 4 heteroatoms. The average molecular weight is 264 g/mol. The van der Waals surface area contributed by atoms with Gasteiger partial charge in [-0.05, 0) is 44.4 Å². The maximum atomic E-state index is 11.7. The molecule has 0 aliphatic rings. The van der Waals surface area contributed by atoms with Crippen molar-refractivity contribution < 1.29 is 9.90 Å². The summed E-state index contributed by atoms with van der Waals surface area (Å²) in [4.78, 5) is 11.7. The maximum absolute atomic E-state index is 11.7. The topological polar surface area (TPSA) is 61.4 Å². The van der Waals surface area contributed by atoms with Crippen LogP contribution in [-0.2, 0) is 11.2 Å². The minimum Gasteiger partial charge on any atom is -0.508 e. The molecule has 4 nitrogen and oxygen atoms in total. The molecule has 2 unspecified atom stereocenters. The summed E-state index contributed by atoms with van der Waals surface area (Å²) in [6.45, 7) is 6.68. The monoisotopic (exact) mass is 264 g/mol. The van der Waals surface area contributed by atoms with Crippen LogP contribution in [0.25, 0.3) is 0 Å². The minimum atomic E-state index is -0.196. The van der Waals surface area contributed by atoms with Crippen molar-refractivity contribution in [3.63, 3.8) is 0 Å². The summed E-state index contributed by atoms with van der Waals surface area (Å²) in [7, 11) is 0. The maximum Gasteiger partial charge on any atom is 0.236 e. The average Bonchev–Trinajstić information content (AvgIpc) is 2.38. The zero-order valence-corrected chi connectivity index (χ0v) is 11.9. The molecule has 2 atom stereocenters. The Bertz CT molecular complexity index is 390. The van der Waals surface area contributed by atoms with Crippen LogP contribution in [0.2, 0.25) is 0 Å². The first-order valence-electron chi connectivity index (χ1n) is 6.84. The first-order chi connectivity index (χ1) is 9.02. The van der Waals surface area contributed by atoms with Gasteiger partial charge in [-0.15, -0.1) is 0 Å². The number of phenols is 1. The minimum absolute atomic E-state index is 0.0411. The fourth-order valence-electron chi connectivity index (χ4n) is 1.95. The molecule has 0 spiro atoms. The second-order valence-electron chi connectivity index (χ2n) is 4.95. The van der Waals surface area contributed by atoms with E-state index in [1.54, 1.807) is 12.1 Å². The van der Waals surface area contributed by atoms with Crippen molar-refractivity contribution in [2.24, 2.45) is 0 Å². The predicted molar refractivity (Wildman–Crippen MR) is 77.2 cm³/mol. The van der Waals surface area contributed by atoms with Gasteiger partial charge in [0.15, 0.2) is 0 Å². The molecule has 0 fully saturated rings. The van der Waals surface area contributed by atoms with Gasteiger partial charge >= 0.3 is 0 Å². The van der Waals surface area contributed by atoms with E-state index in [-0.39, 0.29) is 23.7 Å². The summed E-state index contributed by atoms with van der Waals surface area (Å²) < 4.78 is 0. The van der Waals surface area contributed by atoms with E-state index in [0.717, 1.165) is 24.9 Å². The third-order valence-electron chi connectivity index (χ3n) is 2.96. The largest absolute Gasteiger partial charge is 0.508 e. The number of benzene rings is 1. The Morgan fingerprint density at radius 1 is 1.26 bits per heavy atom. The number of aromatic hydroxyl groups is 1. The molecule has 1 aromatic rings. The highest BCUT2D eigenvalue weighted by molar-refractivity contribution is 5.81. The molecule has 0 bridgehead atoms. The van der Waals surface area contributed by atoms with E-state index >= 15 is 0 Å². The van der Waals surface area contributed by atoms with E-state index < -0.39 is 0 Å². The molecule has 1 amide bonds. The Morgan fingerprint density at radius 3 is 2.47 bits per heavy atom. The summed E-state index contributed by atoms with van der Waals surface area (Å²) in [5.41, 5.74) is 1.14. The number of carbonyl (C=O) groups is 1. The Balaban J connectivity index is 2.39. The third-order valence-corrected chi connectivity index (χ3v) is 2.96. The first kappa shape index (κ1) is 15.5. The highest BCUT2D eigenvalue weighted by Crippen LogP contribution is 2.11. The van der Waals surface area contributed by atoms with Gasteiger partial charge in [0, 0.05) is 12.6 Å². The number of rotatable bonds is 7. The number of hydrogen-bond donors (Lipinski definition) is 3. The van der Waals surface area contributed by atoms with Gasteiger partial charge < -0.3 is 15.7 Å². The number of carbonyl (C=O) groups excluding carboxylic acids is 1. The van der Waals surface area contributed by atoms with Crippen molar-refractivity contribution in [2.45, 2.75) is 45.7 Å². The summed E-state index contributed by atoms with van der Waals surface area (Å²) in [5.74, 6) is 0.316. The van der Waals surface area contributed by atoms with Crippen molar-refractivity contribution in [2.75, 3.05) is 6.54 Å². The van der Waals surface area contributed by atoms with Gasteiger partial charge in [0.1, 0.15) is 5.75 Å². The zero-order valence-electron chi connectivity index (χ0n) is 11.9. The Morgan fingerprint density at radius 2 is 1.89 bits per heavy atom. The smallest absolute Gasteiger partial charge is 0.236 e. The second kappa shape index (κ2) is 7.79. The number of nitrogens with one attached hydrogen (secondary N) is 2. The number of amides is 1. The zero-order chi connectivity index (χ0) is 14.3. The van der Waals surface area contributed by atoms with Crippen LogP contribution >= 0.6 is 0 Å². The van der Waals surface area contributed by atoms with Crippen LogP contribution in [-0.4, -0.2) is 29.6 Å². The lowest BCUT2D eigenvalue weighted by molar-refractivity contribution is -0.122. The molecular formula is C15H24N2O2. The Labute approximate surface area is 115 Å². The van der Waals surface area contributed by atoms with Gasteiger partial charge in [0.05, 0.1) is 6.04 Å². The summed E-state index contributed by atoms with van der Waals surface area (Å²) >= 11 is 0. The summed E-state index contributed by atoms with van der Waals surface area (Å²) in [6, 6.07) is 7.16. The van der Waals surface area contributed by atoms with Crippen molar-refractivity contribution in [3.8, 4) is 5.75 Å². The van der Waals surface area contributed by atoms with Crippen LogP contribution in [0.1, 0.15) is 32.8 Å². The van der Waals surface area contributed by atoms with Crippen LogP contribution in [0, 0.1) is 0 Å². The molecule has 0 aliphatic carbocycles. The quantitative estimate of drug-likeness (QED) is 0.704. The molecule has 1 rings (SSSR count). The highest BCUT2D eigenvalue weighted by atomic mass is 16.3.